The summed E-state index contributed by atoms with van der Waals surface area (Å²) in [4.78, 5) is 0. The standard InChI is InChI=1S/C8H14ClNO2S/c9-6-8(4-1-5-8)10-13(11,12)7-2-3-7/h7,10H,1-6H2. The molecule has 2 fully saturated rings. The number of rotatable bonds is 4. The van der Waals surface area contributed by atoms with E-state index in [1.54, 1.807) is 0 Å². The van der Waals surface area contributed by atoms with E-state index in [4.69, 9.17) is 11.6 Å². The second-order valence-electron chi connectivity index (χ2n) is 4.11. The van der Waals surface area contributed by atoms with E-state index in [9.17, 15) is 8.42 Å². The van der Waals surface area contributed by atoms with E-state index in [2.05, 4.69) is 4.72 Å². The van der Waals surface area contributed by atoms with E-state index in [0.717, 1.165) is 32.1 Å². The fraction of sp³-hybridized carbons (Fsp3) is 1.00. The van der Waals surface area contributed by atoms with Gasteiger partial charge in [-0.1, -0.05) is 0 Å². The molecule has 0 radical (unpaired) electrons. The van der Waals surface area contributed by atoms with Gasteiger partial charge in [0.05, 0.1) is 5.25 Å². The Morgan fingerprint density at radius 1 is 1.38 bits per heavy atom. The summed E-state index contributed by atoms with van der Waals surface area (Å²) in [6, 6.07) is 0. The first-order chi connectivity index (χ1) is 6.08. The molecule has 0 amide bonds. The Labute approximate surface area is 83.9 Å². The molecule has 1 N–H and O–H groups in total. The van der Waals surface area contributed by atoms with Gasteiger partial charge in [-0.15, -0.1) is 11.6 Å². The average Bonchev–Trinajstić information content (AvgIpc) is 2.78. The van der Waals surface area contributed by atoms with E-state index < -0.39 is 10.0 Å². The highest BCUT2D eigenvalue weighted by Crippen LogP contribution is 2.36. The molecule has 0 saturated heterocycles. The van der Waals surface area contributed by atoms with Crippen LogP contribution >= 0.6 is 11.6 Å². The maximum atomic E-state index is 11.6. The Morgan fingerprint density at radius 2 is 2.00 bits per heavy atom. The van der Waals surface area contributed by atoms with Crippen LogP contribution in [0.15, 0.2) is 0 Å². The van der Waals surface area contributed by atoms with Gasteiger partial charge in [0.2, 0.25) is 10.0 Å². The molecular formula is C8H14ClNO2S. The van der Waals surface area contributed by atoms with Crippen LogP contribution in [0.2, 0.25) is 0 Å². The molecule has 3 nitrogen and oxygen atoms in total. The molecule has 2 rings (SSSR count). The lowest BCUT2D eigenvalue weighted by atomic mass is 9.79. The molecule has 0 aromatic heterocycles. The summed E-state index contributed by atoms with van der Waals surface area (Å²) in [5, 5.41) is -0.131. The van der Waals surface area contributed by atoms with Gasteiger partial charge in [0.15, 0.2) is 0 Å². The largest absolute Gasteiger partial charge is 0.215 e. The van der Waals surface area contributed by atoms with Gasteiger partial charge < -0.3 is 0 Å². The SMILES string of the molecule is O=S(=O)(NC1(CCl)CCC1)C1CC1. The third kappa shape index (κ3) is 1.85. The predicted molar refractivity (Wildman–Crippen MR) is 52.4 cm³/mol. The Hall–Kier alpha value is 0.200. The Morgan fingerprint density at radius 3 is 2.31 bits per heavy atom. The molecule has 0 spiro atoms. The van der Waals surface area contributed by atoms with Crippen LogP contribution in [0, 0.1) is 0 Å². The van der Waals surface area contributed by atoms with Crippen LogP contribution in [0.5, 0.6) is 0 Å². The van der Waals surface area contributed by atoms with Crippen LogP contribution in [0.1, 0.15) is 32.1 Å². The second-order valence-corrected chi connectivity index (χ2v) is 6.34. The summed E-state index contributed by atoms with van der Waals surface area (Å²) < 4.78 is 25.9. The highest BCUT2D eigenvalue weighted by Gasteiger charge is 2.44. The van der Waals surface area contributed by atoms with Gasteiger partial charge in [0.1, 0.15) is 0 Å². The summed E-state index contributed by atoms with van der Waals surface area (Å²) in [5.41, 5.74) is -0.303. The van der Waals surface area contributed by atoms with Crippen molar-refractivity contribution in [1.29, 1.82) is 0 Å². The maximum absolute atomic E-state index is 11.6. The first kappa shape index (κ1) is 9.74. The highest BCUT2D eigenvalue weighted by molar-refractivity contribution is 7.90. The van der Waals surface area contributed by atoms with Crippen LogP contribution < -0.4 is 4.72 Å². The quantitative estimate of drug-likeness (QED) is 0.729. The number of hydrogen-bond acceptors (Lipinski definition) is 2. The molecule has 0 unspecified atom stereocenters. The molecule has 76 valence electrons. The molecule has 0 aliphatic heterocycles. The van der Waals surface area contributed by atoms with Crippen LogP contribution in [-0.2, 0) is 10.0 Å². The van der Waals surface area contributed by atoms with Gasteiger partial charge in [0, 0.05) is 11.4 Å². The molecule has 0 heterocycles. The van der Waals surface area contributed by atoms with Gasteiger partial charge >= 0.3 is 0 Å². The third-order valence-corrected chi connectivity index (χ3v) is 5.47. The average molecular weight is 224 g/mol. The number of halogens is 1. The summed E-state index contributed by atoms with van der Waals surface area (Å²) in [5.74, 6) is 0.402. The van der Waals surface area contributed by atoms with E-state index in [1.165, 1.54) is 0 Å². The minimum absolute atomic E-state index is 0.131. The van der Waals surface area contributed by atoms with Crippen molar-refractivity contribution in [2.45, 2.75) is 42.9 Å². The Kier molecular flexibility index (Phi) is 2.33. The normalized spacial score (nSPS) is 26.8. The topological polar surface area (TPSA) is 46.2 Å². The van der Waals surface area contributed by atoms with Crippen LogP contribution in [0.4, 0.5) is 0 Å². The fourth-order valence-corrected chi connectivity index (χ4v) is 3.85. The summed E-state index contributed by atoms with van der Waals surface area (Å²) in [6.45, 7) is 0. The molecule has 2 aliphatic carbocycles. The maximum Gasteiger partial charge on any atom is 0.215 e. The van der Waals surface area contributed by atoms with Crippen LogP contribution in [0.3, 0.4) is 0 Å². The van der Waals surface area contributed by atoms with E-state index >= 15 is 0 Å². The van der Waals surface area contributed by atoms with Gasteiger partial charge in [-0.05, 0) is 32.1 Å². The molecule has 2 saturated carbocycles. The van der Waals surface area contributed by atoms with Crippen molar-refractivity contribution in [1.82, 2.24) is 4.72 Å². The molecule has 13 heavy (non-hydrogen) atoms. The van der Waals surface area contributed by atoms with E-state index in [-0.39, 0.29) is 10.8 Å². The minimum Gasteiger partial charge on any atom is -0.212 e. The van der Waals surface area contributed by atoms with Gasteiger partial charge in [-0.2, -0.15) is 0 Å². The number of alkyl halides is 1. The molecule has 5 heteroatoms. The van der Waals surface area contributed by atoms with Crippen molar-refractivity contribution in [2.24, 2.45) is 0 Å². The molecule has 2 aliphatic rings. The van der Waals surface area contributed by atoms with E-state index in [0.29, 0.717) is 5.88 Å². The first-order valence-electron chi connectivity index (χ1n) is 4.67. The monoisotopic (exact) mass is 223 g/mol. The van der Waals surface area contributed by atoms with Crippen molar-refractivity contribution >= 4 is 21.6 Å². The molecule has 0 aromatic rings. The molecular weight excluding hydrogens is 210 g/mol. The Bertz CT molecular complexity index is 288. The fourth-order valence-electron chi connectivity index (χ4n) is 1.63. The van der Waals surface area contributed by atoms with Crippen molar-refractivity contribution in [3.05, 3.63) is 0 Å². The number of nitrogens with one attached hydrogen (secondary N) is 1. The van der Waals surface area contributed by atoms with Crippen LogP contribution in [0.25, 0.3) is 0 Å². The van der Waals surface area contributed by atoms with Crippen molar-refractivity contribution < 1.29 is 8.42 Å². The van der Waals surface area contributed by atoms with Gasteiger partial charge in [-0.3, -0.25) is 0 Å². The minimum atomic E-state index is -3.05. The number of hydrogen-bond donors (Lipinski definition) is 1. The summed E-state index contributed by atoms with van der Waals surface area (Å²) in [7, 11) is -3.05. The zero-order chi connectivity index (χ0) is 9.53. The van der Waals surface area contributed by atoms with Crippen molar-refractivity contribution in [3.8, 4) is 0 Å². The molecule has 0 atom stereocenters. The summed E-state index contributed by atoms with van der Waals surface area (Å²) in [6.07, 6.45) is 4.49. The molecule has 0 aromatic carbocycles. The zero-order valence-electron chi connectivity index (χ0n) is 7.42. The Balaban J connectivity index is 2.03. The van der Waals surface area contributed by atoms with Gasteiger partial charge in [0.25, 0.3) is 0 Å². The molecule has 0 bridgehead atoms. The zero-order valence-corrected chi connectivity index (χ0v) is 9.00. The van der Waals surface area contributed by atoms with Crippen molar-refractivity contribution in [2.75, 3.05) is 5.88 Å². The lowest BCUT2D eigenvalue weighted by molar-refractivity contribution is 0.252. The lowest BCUT2D eigenvalue weighted by Crippen LogP contribution is -2.55. The summed E-state index contributed by atoms with van der Waals surface area (Å²) >= 11 is 5.76. The third-order valence-electron chi connectivity index (χ3n) is 2.89. The van der Waals surface area contributed by atoms with Gasteiger partial charge in [-0.25, -0.2) is 13.1 Å². The van der Waals surface area contributed by atoms with Crippen molar-refractivity contribution in [3.63, 3.8) is 0 Å². The van der Waals surface area contributed by atoms with Crippen LogP contribution in [-0.4, -0.2) is 25.1 Å². The predicted octanol–water partition coefficient (Wildman–Crippen LogP) is 1.23. The number of sulfonamides is 1. The van der Waals surface area contributed by atoms with E-state index in [1.807, 2.05) is 0 Å². The lowest BCUT2D eigenvalue weighted by Gasteiger charge is -2.40. The smallest absolute Gasteiger partial charge is 0.212 e. The second kappa shape index (κ2) is 3.11. The highest BCUT2D eigenvalue weighted by atomic mass is 35.5. The first-order valence-corrected chi connectivity index (χ1v) is 6.75.